The smallest absolute Gasteiger partial charge is 0.242 e. The number of aliphatic hydroxyl groups is 1. The van der Waals surface area contributed by atoms with Gasteiger partial charge in [0.1, 0.15) is 9.23 Å². The van der Waals surface area contributed by atoms with Crippen molar-refractivity contribution in [3.8, 4) is 0 Å². The molecule has 104 valence electrons. The normalized spacial score (nSPS) is 13.8. The zero-order valence-electron chi connectivity index (χ0n) is 9.82. The average Bonchev–Trinajstić information content (AvgIpc) is 2.64. The first kappa shape index (κ1) is 16.2. The molecule has 0 aliphatic carbocycles. The second-order valence-electron chi connectivity index (χ2n) is 3.83. The van der Waals surface area contributed by atoms with E-state index in [0.29, 0.717) is 10.8 Å². The lowest BCUT2D eigenvalue weighted by Gasteiger charge is -2.14. The van der Waals surface area contributed by atoms with Crippen LogP contribution in [0, 0.1) is 5.92 Å². The second kappa shape index (κ2) is 7.07. The maximum atomic E-state index is 12.0. The Hall–Kier alpha value is 0.150. The lowest BCUT2D eigenvalue weighted by atomic mass is 10.0. The Labute approximate surface area is 121 Å². The number of nitrogens with one attached hydrogen (secondary N) is 1. The van der Waals surface area contributed by atoms with Crippen molar-refractivity contribution in [1.82, 2.24) is 4.72 Å². The van der Waals surface area contributed by atoms with Crippen molar-refractivity contribution in [2.75, 3.05) is 13.2 Å². The van der Waals surface area contributed by atoms with Crippen LogP contribution in [-0.2, 0) is 10.0 Å². The van der Waals surface area contributed by atoms with Crippen LogP contribution in [0.5, 0.6) is 0 Å². The highest BCUT2D eigenvalue weighted by Gasteiger charge is 2.21. The highest BCUT2D eigenvalue weighted by atomic mass is 35.5. The Kier molecular flexibility index (Phi) is 6.37. The van der Waals surface area contributed by atoms with Crippen molar-refractivity contribution in [2.45, 2.75) is 24.7 Å². The van der Waals surface area contributed by atoms with Gasteiger partial charge in [-0.2, -0.15) is 0 Å². The molecular weight excluding hydrogens is 317 g/mol. The number of rotatable bonds is 7. The molecule has 1 rings (SSSR count). The molecule has 0 aromatic carbocycles. The van der Waals surface area contributed by atoms with E-state index in [0.717, 1.165) is 17.8 Å². The predicted octanol–water partition coefficient (Wildman–Crippen LogP) is 2.74. The van der Waals surface area contributed by atoms with Gasteiger partial charge in [0.05, 0.1) is 4.34 Å². The lowest BCUT2D eigenvalue weighted by Crippen LogP contribution is -2.29. The van der Waals surface area contributed by atoms with Crippen LogP contribution in [0.1, 0.15) is 19.8 Å². The SMILES string of the molecule is CCC(CCO)CNS(=O)(=O)c1cc(Cl)sc1Cl. The summed E-state index contributed by atoms with van der Waals surface area (Å²) in [5.41, 5.74) is 0. The zero-order valence-corrected chi connectivity index (χ0v) is 13.0. The topological polar surface area (TPSA) is 66.4 Å². The van der Waals surface area contributed by atoms with E-state index in [1.165, 1.54) is 6.07 Å². The first-order valence-electron chi connectivity index (χ1n) is 5.46. The molecule has 0 spiro atoms. The summed E-state index contributed by atoms with van der Waals surface area (Å²) >= 11 is 12.6. The van der Waals surface area contributed by atoms with Crippen LogP contribution in [0.3, 0.4) is 0 Å². The minimum atomic E-state index is -3.63. The first-order chi connectivity index (χ1) is 8.40. The Morgan fingerprint density at radius 1 is 1.50 bits per heavy atom. The molecule has 1 atom stereocenters. The van der Waals surface area contributed by atoms with E-state index in [1.54, 1.807) is 0 Å². The van der Waals surface area contributed by atoms with Crippen molar-refractivity contribution in [3.63, 3.8) is 0 Å². The number of thiophene rings is 1. The molecule has 0 radical (unpaired) electrons. The minimum absolute atomic E-state index is 0.0121. The summed E-state index contributed by atoms with van der Waals surface area (Å²) in [6.45, 7) is 2.28. The Morgan fingerprint density at radius 3 is 2.61 bits per heavy atom. The number of hydrogen-bond acceptors (Lipinski definition) is 4. The molecule has 0 saturated carbocycles. The summed E-state index contributed by atoms with van der Waals surface area (Å²) < 4.78 is 26.9. The van der Waals surface area contributed by atoms with E-state index >= 15 is 0 Å². The summed E-state index contributed by atoms with van der Waals surface area (Å²) in [6, 6.07) is 1.34. The molecule has 0 fully saturated rings. The number of halogens is 2. The van der Waals surface area contributed by atoms with Crippen LogP contribution >= 0.6 is 34.5 Å². The maximum Gasteiger partial charge on any atom is 0.242 e. The average molecular weight is 332 g/mol. The van der Waals surface area contributed by atoms with Crippen molar-refractivity contribution in [3.05, 3.63) is 14.7 Å². The fraction of sp³-hybridized carbons (Fsp3) is 0.600. The summed E-state index contributed by atoms with van der Waals surface area (Å²) in [7, 11) is -3.63. The van der Waals surface area contributed by atoms with Crippen molar-refractivity contribution >= 4 is 44.6 Å². The van der Waals surface area contributed by atoms with Crippen LogP contribution in [0.25, 0.3) is 0 Å². The van der Waals surface area contributed by atoms with E-state index in [-0.39, 0.29) is 28.3 Å². The Balaban J connectivity index is 2.74. The quantitative estimate of drug-likeness (QED) is 0.807. The van der Waals surface area contributed by atoms with Crippen molar-refractivity contribution < 1.29 is 13.5 Å². The molecule has 0 aliphatic rings. The zero-order chi connectivity index (χ0) is 13.8. The van der Waals surface area contributed by atoms with Gasteiger partial charge in [-0.1, -0.05) is 36.5 Å². The molecule has 1 heterocycles. The second-order valence-corrected chi connectivity index (χ2v) is 7.85. The molecule has 4 nitrogen and oxygen atoms in total. The van der Waals surface area contributed by atoms with Gasteiger partial charge in [0.15, 0.2) is 0 Å². The third-order valence-electron chi connectivity index (χ3n) is 2.59. The van der Waals surface area contributed by atoms with Crippen molar-refractivity contribution in [2.24, 2.45) is 5.92 Å². The molecule has 0 saturated heterocycles. The predicted molar refractivity (Wildman–Crippen MR) is 75.0 cm³/mol. The first-order valence-corrected chi connectivity index (χ1v) is 8.51. The fourth-order valence-corrected chi connectivity index (χ4v) is 4.71. The number of hydrogen-bond donors (Lipinski definition) is 2. The van der Waals surface area contributed by atoms with E-state index in [1.807, 2.05) is 6.92 Å². The Bertz CT molecular complexity index is 487. The molecule has 0 bridgehead atoms. The molecule has 8 heteroatoms. The van der Waals surface area contributed by atoms with Crippen LogP contribution in [0.4, 0.5) is 0 Å². The lowest BCUT2D eigenvalue weighted by molar-refractivity contribution is 0.254. The van der Waals surface area contributed by atoms with Gasteiger partial charge >= 0.3 is 0 Å². The van der Waals surface area contributed by atoms with Gasteiger partial charge in [0, 0.05) is 13.2 Å². The molecule has 2 N–H and O–H groups in total. The largest absolute Gasteiger partial charge is 0.396 e. The van der Waals surface area contributed by atoms with Crippen LogP contribution < -0.4 is 4.72 Å². The third-order valence-corrected chi connectivity index (χ3v) is 5.77. The molecular formula is C10H15Cl2NO3S2. The van der Waals surface area contributed by atoms with Gasteiger partial charge in [-0.15, -0.1) is 11.3 Å². The van der Waals surface area contributed by atoms with Gasteiger partial charge < -0.3 is 5.11 Å². The Morgan fingerprint density at radius 2 is 2.17 bits per heavy atom. The van der Waals surface area contributed by atoms with Crippen LogP contribution in [0.15, 0.2) is 11.0 Å². The summed E-state index contributed by atoms with van der Waals surface area (Å²) in [5, 5.41) is 8.85. The van der Waals surface area contributed by atoms with Gasteiger partial charge in [-0.05, 0) is 18.4 Å². The molecule has 1 aromatic heterocycles. The standard InChI is InChI=1S/C10H15Cl2NO3S2/c1-2-7(3-4-14)6-13-18(15,16)8-5-9(11)17-10(8)12/h5,7,13-14H,2-4,6H2,1H3. The fourth-order valence-electron chi connectivity index (χ4n) is 1.45. The summed E-state index contributed by atoms with van der Waals surface area (Å²) in [5.74, 6) is 0.109. The minimum Gasteiger partial charge on any atom is -0.396 e. The summed E-state index contributed by atoms with van der Waals surface area (Å²) in [4.78, 5) is 0.0121. The van der Waals surface area contributed by atoms with Gasteiger partial charge in [0.2, 0.25) is 10.0 Å². The number of sulfonamides is 1. The van der Waals surface area contributed by atoms with E-state index in [9.17, 15) is 8.42 Å². The maximum absolute atomic E-state index is 12.0. The monoisotopic (exact) mass is 331 g/mol. The van der Waals surface area contributed by atoms with Crippen LogP contribution in [0.2, 0.25) is 8.67 Å². The van der Waals surface area contributed by atoms with E-state index < -0.39 is 10.0 Å². The molecule has 0 amide bonds. The van der Waals surface area contributed by atoms with Gasteiger partial charge in [-0.3, -0.25) is 0 Å². The molecule has 18 heavy (non-hydrogen) atoms. The molecule has 0 aliphatic heterocycles. The van der Waals surface area contributed by atoms with Gasteiger partial charge in [-0.25, -0.2) is 13.1 Å². The van der Waals surface area contributed by atoms with Crippen molar-refractivity contribution in [1.29, 1.82) is 0 Å². The van der Waals surface area contributed by atoms with E-state index in [4.69, 9.17) is 28.3 Å². The summed E-state index contributed by atoms with van der Waals surface area (Å²) in [6.07, 6.45) is 1.36. The van der Waals surface area contributed by atoms with Crippen LogP contribution in [-0.4, -0.2) is 26.7 Å². The third kappa shape index (κ3) is 4.36. The van der Waals surface area contributed by atoms with Gasteiger partial charge in [0.25, 0.3) is 0 Å². The number of aliphatic hydroxyl groups excluding tert-OH is 1. The van der Waals surface area contributed by atoms with E-state index in [2.05, 4.69) is 4.72 Å². The highest BCUT2D eigenvalue weighted by Crippen LogP contribution is 2.34. The highest BCUT2D eigenvalue weighted by molar-refractivity contribution is 7.89. The molecule has 1 aromatic rings. The molecule has 1 unspecified atom stereocenters.